The average Bonchev–Trinajstić information content (AvgIpc) is 2.50. The van der Waals surface area contributed by atoms with E-state index >= 15 is 0 Å². The van der Waals surface area contributed by atoms with Gasteiger partial charge in [-0.3, -0.25) is 9.88 Å². The van der Waals surface area contributed by atoms with Crippen LogP contribution in [-0.2, 0) is 6.42 Å². The smallest absolute Gasteiger partial charge is 0.130 e. The average molecular weight is 291 g/mol. The molecule has 3 nitrogen and oxygen atoms in total. The zero-order valence-corrected chi connectivity index (χ0v) is 12.0. The largest absolute Gasteiger partial charge is 0.329 e. The Kier molecular flexibility index (Phi) is 5.36. The summed E-state index contributed by atoms with van der Waals surface area (Å²) in [6.07, 6.45) is 2.43. The van der Waals surface area contributed by atoms with Crippen molar-refractivity contribution in [3.05, 3.63) is 65.5 Å². The van der Waals surface area contributed by atoms with Crippen molar-refractivity contribution in [1.29, 1.82) is 0 Å². The van der Waals surface area contributed by atoms with Crippen LogP contribution in [0.15, 0.2) is 42.6 Å². The monoisotopic (exact) mass is 291 g/mol. The van der Waals surface area contributed by atoms with Crippen LogP contribution in [0, 0.1) is 11.6 Å². The van der Waals surface area contributed by atoms with Gasteiger partial charge in [0.15, 0.2) is 0 Å². The van der Waals surface area contributed by atoms with Gasteiger partial charge >= 0.3 is 0 Å². The van der Waals surface area contributed by atoms with Gasteiger partial charge in [-0.2, -0.15) is 0 Å². The van der Waals surface area contributed by atoms with Crippen LogP contribution >= 0.6 is 0 Å². The van der Waals surface area contributed by atoms with Crippen molar-refractivity contribution in [3.63, 3.8) is 0 Å². The molecule has 0 radical (unpaired) electrons. The lowest BCUT2D eigenvalue weighted by molar-refractivity contribution is 0.241. The third kappa shape index (κ3) is 3.83. The molecule has 0 aliphatic heterocycles. The fourth-order valence-corrected chi connectivity index (χ4v) is 2.34. The second-order valence-corrected chi connectivity index (χ2v) is 4.94. The molecular weight excluding hydrogens is 272 g/mol. The molecule has 2 N–H and O–H groups in total. The van der Waals surface area contributed by atoms with E-state index in [0.717, 1.165) is 5.69 Å². The van der Waals surface area contributed by atoms with Gasteiger partial charge in [0.1, 0.15) is 11.6 Å². The summed E-state index contributed by atoms with van der Waals surface area (Å²) in [4.78, 5) is 6.09. The van der Waals surface area contributed by atoms with Gasteiger partial charge < -0.3 is 5.73 Å². The first kappa shape index (κ1) is 15.5. The highest BCUT2D eigenvalue weighted by molar-refractivity contribution is 5.23. The van der Waals surface area contributed by atoms with Gasteiger partial charge in [-0.15, -0.1) is 0 Å². The van der Waals surface area contributed by atoms with E-state index < -0.39 is 17.7 Å². The van der Waals surface area contributed by atoms with Crippen LogP contribution in [0.2, 0.25) is 0 Å². The Morgan fingerprint density at radius 1 is 1.14 bits per heavy atom. The molecule has 1 aromatic carbocycles. The molecule has 1 aromatic heterocycles. The van der Waals surface area contributed by atoms with Gasteiger partial charge in [0.2, 0.25) is 0 Å². The summed E-state index contributed by atoms with van der Waals surface area (Å²) in [5, 5.41) is 0. The Hall–Kier alpha value is -1.85. The van der Waals surface area contributed by atoms with Crippen molar-refractivity contribution >= 4 is 0 Å². The molecular formula is C16H19F2N3. The summed E-state index contributed by atoms with van der Waals surface area (Å²) in [5.74, 6) is -1.12. The lowest BCUT2D eigenvalue weighted by Gasteiger charge is -2.27. The molecule has 0 fully saturated rings. The minimum atomic E-state index is -0.560. The van der Waals surface area contributed by atoms with Crippen molar-refractivity contribution in [3.8, 4) is 0 Å². The molecule has 0 aliphatic rings. The van der Waals surface area contributed by atoms with E-state index in [0.29, 0.717) is 13.0 Å². The van der Waals surface area contributed by atoms with E-state index in [1.165, 1.54) is 18.2 Å². The molecule has 0 saturated heterocycles. The van der Waals surface area contributed by atoms with Crippen molar-refractivity contribution in [1.82, 2.24) is 9.88 Å². The van der Waals surface area contributed by atoms with Gasteiger partial charge in [0.05, 0.1) is 6.04 Å². The molecule has 0 aliphatic carbocycles. The maximum Gasteiger partial charge on any atom is 0.130 e. The zero-order valence-electron chi connectivity index (χ0n) is 12.0. The number of likely N-dealkylation sites (N-methyl/N-ethyl adjacent to an activating group) is 1. The number of benzene rings is 1. The molecule has 5 heteroatoms. The lowest BCUT2D eigenvalue weighted by atomic mass is 10.0. The fraction of sp³-hybridized carbons (Fsp3) is 0.312. The zero-order chi connectivity index (χ0) is 15.2. The highest BCUT2D eigenvalue weighted by Crippen LogP contribution is 2.24. The van der Waals surface area contributed by atoms with Gasteiger partial charge in [-0.05, 0) is 31.3 Å². The molecule has 2 aromatic rings. The fourth-order valence-electron chi connectivity index (χ4n) is 2.34. The maximum atomic E-state index is 13.9. The van der Waals surface area contributed by atoms with Gasteiger partial charge in [0.25, 0.3) is 0 Å². The number of pyridine rings is 1. The van der Waals surface area contributed by atoms with E-state index in [2.05, 4.69) is 4.98 Å². The maximum absolute atomic E-state index is 13.9. The molecule has 112 valence electrons. The van der Waals surface area contributed by atoms with Crippen LogP contribution in [0.1, 0.15) is 17.3 Å². The number of nitrogens with zero attached hydrogens (tertiary/aromatic N) is 2. The molecule has 0 spiro atoms. The van der Waals surface area contributed by atoms with Crippen molar-refractivity contribution < 1.29 is 8.78 Å². The van der Waals surface area contributed by atoms with Gasteiger partial charge in [0, 0.05) is 37.0 Å². The summed E-state index contributed by atoms with van der Waals surface area (Å²) in [6, 6.07) is 9.07. The minimum Gasteiger partial charge on any atom is -0.329 e. The van der Waals surface area contributed by atoms with E-state index in [4.69, 9.17) is 5.73 Å². The van der Waals surface area contributed by atoms with Crippen molar-refractivity contribution in [2.75, 3.05) is 20.1 Å². The van der Waals surface area contributed by atoms with Crippen LogP contribution in [0.4, 0.5) is 8.78 Å². The van der Waals surface area contributed by atoms with Crippen LogP contribution < -0.4 is 5.73 Å². The summed E-state index contributed by atoms with van der Waals surface area (Å²) < 4.78 is 27.8. The third-order valence-electron chi connectivity index (χ3n) is 3.54. The predicted octanol–water partition coefficient (Wildman–Crippen LogP) is 2.53. The Morgan fingerprint density at radius 3 is 2.43 bits per heavy atom. The quantitative estimate of drug-likeness (QED) is 0.889. The molecule has 0 bridgehead atoms. The van der Waals surface area contributed by atoms with E-state index in [1.807, 2.05) is 30.1 Å². The number of nitrogens with two attached hydrogens (primary N) is 1. The van der Waals surface area contributed by atoms with E-state index in [-0.39, 0.29) is 12.1 Å². The molecule has 1 unspecified atom stereocenters. The minimum absolute atomic E-state index is 0.0310. The second kappa shape index (κ2) is 7.24. The Morgan fingerprint density at radius 2 is 1.86 bits per heavy atom. The Balaban J connectivity index is 2.10. The van der Waals surface area contributed by atoms with Crippen molar-refractivity contribution in [2.45, 2.75) is 12.5 Å². The molecule has 21 heavy (non-hydrogen) atoms. The number of rotatable bonds is 6. The van der Waals surface area contributed by atoms with E-state index in [1.54, 1.807) is 6.20 Å². The Labute approximate surface area is 123 Å². The summed E-state index contributed by atoms with van der Waals surface area (Å²) in [5.41, 5.74) is 6.69. The summed E-state index contributed by atoms with van der Waals surface area (Å²) in [6.45, 7) is 0.767. The first-order valence-electron chi connectivity index (χ1n) is 6.87. The van der Waals surface area contributed by atoms with Crippen LogP contribution in [0.3, 0.4) is 0 Å². The number of hydrogen-bond donors (Lipinski definition) is 1. The van der Waals surface area contributed by atoms with Crippen LogP contribution in [0.25, 0.3) is 0 Å². The molecule has 0 amide bonds. The molecule has 0 saturated carbocycles. The van der Waals surface area contributed by atoms with E-state index in [9.17, 15) is 8.78 Å². The molecule has 1 atom stereocenters. The van der Waals surface area contributed by atoms with Crippen molar-refractivity contribution in [2.24, 2.45) is 5.73 Å². The summed E-state index contributed by atoms with van der Waals surface area (Å²) >= 11 is 0. The standard InChI is InChI=1S/C16H19F2N3/c1-21(10-8-12-5-2-3-9-20-12)15(11-19)16-13(17)6-4-7-14(16)18/h2-7,9,15H,8,10-11,19H2,1H3. The summed E-state index contributed by atoms with van der Waals surface area (Å²) in [7, 11) is 1.81. The molecule has 1 heterocycles. The molecule has 2 rings (SSSR count). The third-order valence-corrected chi connectivity index (χ3v) is 3.54. The van der Waals surface area contributed by atoms with Crippen LogP contribution in [0.5, 0.6) is 0 Å². The highest BCUT2D eigenvalue weighted by atomic mass is 19.1. The first-order chi connectivity index (χ1) is 10.1. The second-order valence-electron chi connectivity index (χ2n) is 4.94. The highest BCUT2D eigenvalue weighted by Gasteiger charge is 2.22. The SMILES string of the molecule is CN(CCc1ccccn1)C(CN)c1c(F)cccc1F. The number of hydrogen-bond acceptors (Lipinski definition) is 3. The number of halogens is 2. The topological polar surface area (TPSA) is 42.2 Å². The Bertz CT molecular complexity index is 555. The van der Waals surface area contributed by atoms with Gasteiger partial charge in [-0.1, -0.05) is 12.1 Å². The van der Waals surface area contributed by atoms with Crippen LogP contribution in [-0.4, -0.2) is 30.0 Å². The normalized spacial score (nSPS) is 12.6. The lowest BCUT2D eigenvalue weighted by Crippen LogP contribution is -2.33. The first-order valence-corrected chi connectivity index (χ1v) is 6.87. The number of aromatic nitrogens is 1. The predicted molar refractivity (Wildman–Crippen MR) is 78.7 cm³/mol. The van der Waals surface area contributed by atoms with Gasteiger partial charge in [-0.25, -0.2) is 8.78 Å².